The number of ether oxygens (including phenoxy) is 2. The zero-order valence-electron chi connectivity index (χ0n) is 14.4. The fourth-order valence-electron chi connectivity index (χ4n) is 2.21. The zero-order valence-corrected chi connectivity index (χ0v) is 14.4. The number of amides is 2. The van der Waals surface area contributed by atoms with Crippen LogP contribution in [-0.2, 0) is 4.79 Å². The van der Waals surface area contributed by atoms with Crippen molar-refractivity contribution in [1.29, 1.82) is 0 Å². The molecule has 0 spiro atoms. The highest BCUT2D eigenvalue weighted by molar-refractivity contribution is 6.05. The summed E-state index contributed by atoms with van der Waals surface area (Å²) in [6.07, 6.45) is 0. The molecule has 0 saturated carbocycles. The van der Waals surface area contributed by atoms with Crippen LogP contribution < -0.4 is 20.1 Å². The Bertz CT molecular complexity index is 848. The van der Waals surface area contributed by atoms with Gasteiger partial charge in [0.15, 0.2) is 0 Å². The van der Waals surface area contributed by atoms with E-state index in [-0.39, 0.29) is 17.2 Å². The number of anilines is 2. The Balaban J connectivity index is 2.30. The maximum absolute atomic E-state index is 12.4. The molecule has 2 amide bonds. The summed E-state index contributed by atoms with van der Waals surface area (Å²) >= 11 is 0. The molecule has 9 heteroatoms. The van der Waals surface area contributed by atoms with Gasteiger partial charge >= 0.3 is 0 Å². The van der Waals surface area contributed by atoms with Gasteiger partial charge in [0.05, 0.1) is 30.5 Å². The summed E-state index contributed by atoms with van der Waals surface area (Å²) < 4.78 is 10.5. The second kappa shape index (κ2) is 7.97. The fourth-order valence-corrected chi connectivity index (χ4v) is 2.21. The van der Waals surface area contributed by atoms with Gasteiger partial charge in [-0.15, -0.1) is 0 Å². The molecule has 0 unspecified atom stereocenters. The van der Waals surface area contributed by atoms with Crippen molar-refractivity contribution in [2.75, 3.05) is 24.9 Å². The lowest BCUT2D eigenvalue weighted by Gasteiger charge is -2.15. The standard InChI is InChI=1S/C17H17N3O6/c1-10(21)18-13-8-16(26-3)14(9-15(13)25-2)19-17(22)11-4-6-12(7-5-11)20(23)24/h4-9H,1-3H3,(H,18,21)(H,19,22). The third kappa shape index (κ3) is 4.26. The molecule has 0 heterocycles. The van der Waals surface area contributed by atoms with Gasteiger partial charge in [-0.3, -0.25) is 19.7 Å². The van der Waals surface area contributed by atoms with Crippen molar-refractivity contribution in [3.05, 3.63) is 52.1 Å². The average molecular weight is 359 g/mol. The maximum atomic E-state index is 12.4. The Morgan fingerprint density at radius 1 is 0.962 bits per heavy atom. The number of rotatable bonds is 6. The smallest absolute Gasteiger partial charge is 0.269 e. The van der Waals surface area contributed by atoms with Gasteiger partial charge in [0, 0.05) is 36.8 Å². The highest BCUT2D eigenvalue weighted by atomic mass is 16.6. The Kier molecular flexibility index (Phi) is 5.74. The van der Waals surface area contributed by atoms with Crippen LogP contribution in [0.5, 0.6) is 11.5 Å². The molecule has 9 nitrogen and oxygen atoms in total. The van der Waals surface area contributed by atoms with Gasteiger partial charge in [-0.25, -0.2) is 0 Å². The van der Waals surface area contributed by atoms with Gasteiger partial charge in [0.1, 0.15) is 11.5 Å². The fraction of sp³-hybridized carbons (Fsp3) is 0.176. The molecule has 2 aromatic rings. The van der Waals surface area contributed by atoms with E-state index < -0.39 is 10.8 Å². The molecule has 2 aromatic carbocycles. The maximum Gasteiger partial charge on any atom is 0.269 e. The van der Waals surface area contributed by atoms with Gasteiger partial charge < -0.3 is 20.1 Å². The number of nitro groups is 1. The van der Waals surface area contributed by atoms with Crippen LogP contribution in [0.1, 0.15) is 17.3 Å². The quantitative estimate of drug-likeness (QED) is 0.604. The van der Waals surface area contributed by atoms with E-state index in [1.807, 2.05) is 0 Å². The first kappa shape index (κ1) is 18.7. The lowest BCUT2D eigenvalue weighted by Crippen LogP contribution is -2.14. The highest BCUT2D eigenvalue weighted by Crippen LogP contribution is 2.36. The summed E-state index contributed by atoms with van der Waals surface area (Å²) in [5.74, 6) is -0.120. The Morgan fingerprint density at radius 3 is 1.88 bits per heavy atom. The van der Waals surface area contributed by atoms with Crippen molar-refractivity contribution in [2.45, 2.75) is 6.92 Å². The molecule has 2 rings (SSSR count). The summed E-state index contributed by atoms with van der Waals surface area (Å²) in [4.78, 5) is 33.8. The minimum atomic E-state index is -0.545. The number of methoxy groups -OCH3 is 2. The van der Waals surface area contributed by atoms with Crippen LogP contribution in [0, 0.1) is 10.1 Å². The number of benzene rings is 2. The zero-order chi connectivity index (χ0) is 19.3. The number of carbonyl (C=O) groups is 2. The molecule has 0 bridgehead atoms. The number of hydrogen-bond donors (Lipinski definition) is 2. The largest absolute Gasteiger partial charge is 0.494 e. The lowest BCUT2D eigenvalue weighted by molar-refractivity contribution is -0.384. The second-order valence-corrected chi connectivity index (χ2v) is 5.19. The van der Waals surface area contributed by atoms with Crippen molar-refractivity contribution >= 4 is 28.9 Å². The molecule has 0 aliphatic heterocycles. The van der Waals surface area contributed by atoms with Gasteiger partial charge in [-0.05, 0) is 12.1 Å². The average Bonchev–Trinajstić information content (AvgIpc) is 2.62. The van der Waals surface area contributed by atoms with E-state index in [0.29, 0.717) is 22.9 Å². The number of hydrogen-bond acceptors (Lipinski definition) is 6. The van der Waals surface area contributed by atoms with E-state index in [1.165, 1.54) is 57.5 Å². The third-order valence-electron chi connectivity index (χ3n) is 3.42. The predicted octanol–water partition coefficient (Wildman–Crippen LogP) is 2.82. The van der Waals surface area contributed by atoms with Crippen LogP contribution >= 0.6 is 0 Å². The van der Waals surface area contributed by atoms with Gasteiger partial charge in [-0.1, -0.05) is 0 Å². The van der Waals surface area contributed by atoms with Gasteiger partial charge in [0.25, 0.3) is 11.6 Å². The minimum absolute atomic E-state index is 0.111. The van der Waals surface area contributed by atoms with E-state index in [4.69, 9.17) is 9.47 Å². The number of carbonyl (C=O) groups excluding carboxylic acids is 2. The first-order valence-corrected chi connectivity index (χ1v) is 7.45. The molecular weight excluding hydrogens is 342 g/mol. The molecule has 0 aromatic heterocycles. The summed E-state index contributed by atoms with van der Waals surface area (Å²) in [7, 11) is 2.84. The highest BCUT2D eigenvalue weighted by Gasteiger charge is 2.16. The number of nitro benzene ring substituents is 1. The Labute approximate surface area is 149 Å². The van der Waals surface area contributed by atoms with Crippen molar-refractivity contribution < 1.29 is 24.0 Å². The second-order valence-electron chi connectivity index (χ2n) is 5.19. The van der Waals surface area contributed by atoms with Crippen molar-refractivity contribution in [3.8, 4) is 11.5 Å². The first-order valence-electron chi connectivity index (χ1n) is 7.45. The number of nitrogens with one attached hydrogen (secondary N) is 2. The van der Waals surface area contributed by atoms with Crippen LogP contribution in [0.4, 0.5) is 17.1 Å². The molecule has 26 heavy (non-hydrogen) atoms. The van der Waals surface area contributed by atoms with Crippen molar-refractivity contribution in [2.24, 2.45) is 0 Å². The molecule has 0 fully saturated rings. The molecule has 0 aliphatic rings. The van der Waals surface area contributed by atoms with Gasteiger partial charge in [0.2, 0.25) is 5.91 Å². The van der Waals surface area contributed by atoms with Crippen LogP contribution in [0.3, 0.4) is 0 Å². The molecule has 136 valence electrons. The van der Waals surface area contributed by atoms with Crippen LogP contribution in [-0.4, -0.2) is 31.0 Å². The van der Waals surface area contributed by atoms with E-state index in [1.54, 1.807) is 0 Å². The summed E-state index contributed by atoms with van der Waals surface area (Å²) in [6.45, 7) is 1.36. The number of non-ortho nitro benzene ring substituents is 1. The van der Waals surface area contributed by atoms with Crippen molar-refractivity contribution in [3.63, 3.8) is 0 Å². The number of nitrogens with zero attached hydrogens (tertiary/aromatic N) is 1. The summed E-state index contributed by atoms with van der Waals surface area (Å²) in [5, 5.41) is 15.9. The van der Waals surface area contributed by atoms with E-state index >= 15 is 0 Å². The molecular formula is C17H17N3O6. The van der Waals surface area contributed by atoms with Crippen molar-refractivity contribution in [1.82, 2.24) is 0 Å². The van der Waals surface area contributed by atoms with E-state index in [9.17, 15) is 19.7 Å². The van der Waals surface area contributed by atoms with E-state index in [0.717, 1.165) is 0 Å². The molecule has 0 atom stereocenters. The van der Waals surface area contributed by atoms with Crippen LogP contribution in [0.25, 0.3) is 0 Å². The minimum Gasteiger partial charge on any atom is -0.494 e. The SMILES string of the molecule is COc1cc(NC(=O)c2ccc([N+](=O)[O-])cc2)c(OC)cc1NC(C)=O. The monoisotopic (exact) mass is 359 g/mol. The molecule has 0 saturated heterocycles. The molecule has 2 N–H and O–H groups in total. The Morgan fingerprint density at radius 2 is 1.46 bits per heavy atom. The first-order chi connectivity index (χ1) is 12.3. The summed E-state index contributed by atoms with van der Waals surface area (Å²) in [5.41, 5.74) is 0.843. The Hall–Kier alpha value is -3.62. The normalized spacial score (nSPS) is 9.96. The third-order valence-corrected chi connectivity index (χ3v) is 3.42. The van der Waals surface area contributed by atoms with E-state index in [2.05, 4.69) is 10.6 Å². The lowest BCUT2D eigenvalue weighted by atomic mass is 10.1. The predicted molar refractivity (Wildman–Crippen MR) is 94.9 cm³/mol. The topological polar surface area (TPSA) is 120 Å². The summed E-state index contributed by atoms with van der Waals surface area (Å²) in [6, 6.07) is 8.21. The molecule has 0 radical (unpaired) electrons. The van der Waals surface area contributed by atoms with Crippen LogP contribution in [0.15, 0.2) is 36.4 Å². The van der Waals surface area contributed by atoms with Gasteiger partial charge in [-0.2, -0.15) is 0 Å². The molecule has 0 aliphatic carbocycles. The van der Waals surface area contributed by atoms with Crippen LogP contribution in [0.2, 0.25) is 0 Å².